The number of rotatable bonds is 5. The Morgan fingerprint density at radius 3 is 2.43 bits per heavy atom. The van der Waals surface area contributed by atoms with Gasteiger partial charge in [0, 0.05) is 69.2 Å². The standard InChI is InChI=1S/C30H36N4O3/c1-31-25(19-33-16-21-14-24(18-33)26-8-5-9-29(36)34(26)17-21)15-28(35)30(37)27(31)20-32-12-10-23(11-13-32)22-6-3-2-4-7-22/h2-9,15,21,23-24,37H,10-14,16-20H2,1H3/t21-,24-/m0/s1. The third-order valence-corrected chi connectivity index (χ3v) is 8.81. The molecule has 7 nitrogen and oxygen atoms in total. The monoisotopic (exact) mass is 500 g/mol. The lowest BCUT2D eigenvalue weighted by molar-refractivity contribution is 0.112. The zero-order chi connectivity index (χ0) is 25.5. The van der Waals surface area contributed by atoms with E-state index in [4.69, 9.17) is 0 Å². The van der Waals surface area contributed by atoms with Gasteiger partial charge in [0.05, 0.1) is 5.69 Å². The zero-order valence-electron chi connectivity index (χ0n) is 21.6. The third-order valence-electron chi connectivity index (χ3n) is 8.81. The van der Waals surface area contributed by atoms with Crippen molar-refractivity contribution in [2.75, 3.05) is 26.2 Å². The van der Waals surface area contributed by atoms with Crippen LogP contribution in [0.1, 0.15) is 53.7 Å². The third kappa shape index (κ3) is 4.78. The van der Waals surface area contributed by atoms with E-state index in [9.17, 15) is 14.7 Å². The van der Waals surface area contributed by atoms with E-state index in [0.717, 1.165) is 63.4 Å². The number of likely N-dealkylation sites (tertiary alicyclic amines) is 2. The van der Waals surface area contributed by atoms with Crippen molar-refractivity contribution in [2.45, 2.75) is 50.7 Å². The maximum atomic E-state index is 12.8. The molecule has 5 heterocycles. The second-order valence-corrected chi connectivity index (χ2v) is 11.2. The summed E-state index contributed by atoms with van der Waals surface area (Å²) in [7, 11) is 1.97. The largest absolute Gasteiger partial charge is 0.503 e. The van der Waals surface area contributed by atoms with Crippen LogP contribution in [0.2, 0.25) is 0 Å². The first-order valence-corrected chi connectivity index (χ1v) is 13.6. The number of fused-ring (bicyclic) bond motifs is 4. The summed E-state index contributed by atoms with van der Waals surface area (Å²) in [5, 5.41) is 10.7. The number of hydrogen-bond acceptors (Lipinski definition) is 5. The SMILES string of the molecule is Cn1c(CN2C[C@@H]3C[C@@H](C2)c2cccc(=O)n2C3)cc(=O)c(O)c1CN1CCC(c2ccccc2)CC1. The molecule has 0 aliphatic carbocycles. The minimum absolute atomic E-state index is 0.0963. The molecule has 7 heteroatoms. The van der Waals surface area contributed by atoms with Gasteiger partial charge in [-0.3, -0.25) is 19.4 Å². The van der Waals surface area contributed by atoms with E-state index in [1.165, 1.54) is 5.56 Å². The Hall–Kier alpha value is -3.16. The first kappa shape index (κ1) is 24.2. The van der Waals surface area contributed by atoms with Crippen LogP contribution in [0.25, 0.3) is 0 Å². The van der Waals surface area contributed by atoms with Gasteiger partial charge in [-0.15, -0.1) is 0 Å². The number of aromatic hydroxyl groups is 1. The maximum absolute atomic E-state index is 12.8. The molecule has 0 unspecified atom stereocenters. The van der Waals surface area contributed by atoms with Crippen LogP contribution in [-0.4, -0.2) is 50.2 Å². The lowest BCUT2D eigenvalue weighted by Gasteiger charge is -2.43. The number of nitrogens with zero attached hydrogens (tertiary/aromatic N) is 4. The summed E-state index contributed by atoms with van der Waals surface area (Å²) in [4.78, 5) is 29.9. The topological polar surface area (TPSA) is 70.7 Å². The van der Waals surface area contributed by atoms with Crippen LogP contribution in [0.4, 0.5) is 0 Å². The van der Waals surface area contributed by atoms with Gasteiger partial charge in [0.1, 0.15) is 0 Å². The molecule has 3 aliphatic heterocycles. The van der Waals surface area contributed by atoms with Gasteiger partial charge in [-0.05, 0) is 55.8 Å². The molecule has 2 aromatic heterocycles. The van der Waals surface area contributed by atoms with Gasteiger partial charge in [-0.25, -0.2) is 0 Å². The molecule has 0 spiro atoms. The molecule has 1 N–H and O–H groups in total. The van der Waals surface area contributed by atoms with Crippen LogP contribution < -0.4 is 11.0 Å². The summed E-state index contributed by atoms with van der Waals surface area (Å²) < 4.78 is 3.98. The summed E-state index contributed by atoms with van der Waals surface area (Å²) in [6.45, 7) is 5.69. The minimum atomic E-state index is -0.295. The average Bonchev–Trinajstić information content (AvgIpc) is 2.91. The molecular formula is C30H36N4O3. The summed E-state index contributed by atoms with van der Waals surface area (Å²) >= 11 is 0. The van der Waals surface area contributed by atoms with E-state index < -0.39 is 0 Å². The van der Waals surface area contributed by atoms with Gasteiger partial charge in [0.2, 0.25) is 5.43 Å². The molecule has 2 saturated heterocycles. The van der Waals surface area contributed by atoms with E-state index in [1.54, 1.807) is 12.1 Å². The Bertz CT molecular complexity index is 1390. The average molecular weight is 501 g/mol. The predicted molar refractivity (Wildman–Crippen MR) is 144 cm³/mol. The van der Waals surface area contributed by atoms with Crippen LogP contribution in [-0.2, 0) is 26.7 Å². The normalized spacial score (nSPS) is 22.6. The first-order valence-electron chi connectivity index (χ1n) is 13.6. The highest BCUT2D eigenvalue weighted by Gasteiger charge is 2.34. The van der Waals surface area contributed by atoms with Crippen molar-refractivity contribution in [3.63, 3.8) is 0 Å². The Labute approximate surface area is 217 Å². The Morgan fingerprint density at radius 1 is 0.865 bits per heavy atom. The van der Waals surface area contributed by atoms with Gasteiger partial charge in [0.15, 0.2) is 5.75 Å². The fraction of sp³-hybridized carbons (Fsp3) is 0.467. The molecular weight excluding hydrogens is 464 g/mol. The van der Waals surface area contributed by atoms with Gasteiger partial charge in [-0.2, -0.15) is 0 Å². The van der Waals surface area contributed by atoms with E-state index >= 15 is 0 Å². The Morgan fingerprint density at radius 2 is 1.65 bits per heavy atom. The van der Waals surface area contributed by atoms with Crippen molar-refractivity contribution in [2.24, 2.45) is 13.0 Å². The fourth-order valence-corrected chi connectivity index (χ4v) is 6.84. The van der Waals surface area contributed by atoms with E-state index in [1.807, 2.05) is 22.2 Å². The van der Waals surface area contributed by atoms with Crippen molar-refractivity contribution in [3.05, 3.63) is 97.8 Å². The Kier molecular flexibility index (Phi) is 6.51. The van der Waals surface area contributed by atoms with Crippen molar-refractivity contribution in [1.82, 2.24) is 18.9 Å². The number of piperidine rings is 2. The summed E-state index contributed by atoms with van der Waals surface area (Å²) in [6.07, 6.45) is 3.28. The molecule has 2 fully saturated rings. The van der Waals surface area contributed by atoms with Gasteiger partial charge >= 0.3 is 0 Å². The molecule has 37 heavy (non-hydrogen) atoms. The van der Waals surface area contributed by atoms with Crippen LogP contribution in [0.3, 0.4) is 0 Å². The van der Waals surface area contributed by atoms with E-state index in [-0.39, 0.29) is 16.7 Å². The summed E-state index contributed by atoms with van der Waals surface area (Å²) in [6, 6.07) is 17.9. The lowest BCUT2D eigenvalue weighted by atomic mass is 9.83. The highest BCUT2D eigenvalue weighted by molar-refractivity contribution is 5.30. The lowest BCUT2D eigenvalue weighted by Crippen LogP contribution is -2.47. The van der Waals surface area contributed by atoms with Crippen LogP contribution in [0.15, 0.2) is 64.2 Å². The molecule has 194 valence electrons. The maximum Gasteiger partial charge on any atom is 0.250 e. The van der Waals surface area contributed by atoms with E-state index in [2.05, 4.69) is 46.2 Å². The molecule has 0 radical (unpaired) electrons. The number of pyridine rings is 2. The summed E-state index contributed by atoms with van der Waals surface area (Å²) in [5.74, 6) is 1.22. The highest BCUT2D eigenvalue weighted by atomic mass is 16.3. The van der Waals surface area contributed by atoms with Gasteiger partial charge < -0.3 is 14.2 Å². The second-order valence-electron chi connectivity index (χ2n) is 11.2. The molecule has 3 aliphatic rings. The van der Waals surface area contributed by atoms with Crippen LogP contribution in [0.5, 0.6) is 5.75 Å². The van der Waals surface area contributed by atoms with Crippen molar-refractivity contribution >= 4 is 0 Å². The number of benzene rings is 1. The quantitative estimate of drug-likeness (QED) is 0.583. The van der Waals surface area contributed by atoms with E-state index in [0.29, 0.717) is 36.5 Å². The molecule has 0 saturated carbocycles. The Balaban J connectivity index is 1.16. The minimum Gasteiger partial charge on any atom is -0.503 e. The summed E-state index contributed by atoms with van der Waals surface area (Å²) in [5.41, 5.74) is 3.97. The first-order chi connectivity index (χ1) is 18.0. The molecule has 6 rings (SSSR count). The molecule has 0 amide bonds. The molecule has 1 aromatic carbocycles. The predicted octanol–water partition coefficient (Wildman–Crippen LogP) is 3.25. The van der Waals surface area contributed by atoms with Crippen molar-refractivity contribution in [3.8, 4) is 5.75 Å². The molecule has 2 bridgehead atoms. The highest BCUT2D eigenvalue weighted by Crippen LogP contribution is 2.35. The fourth-order valence-electron chi connectivity index (χ4n) is 6.84. The van der Waals surface area contributed by atoms with Crippen LogP contribution >= 0.6 is 0 Å². The van der Waals surface area contributed by atoms with Gasteiger partial charge in [-0.1, -0.05) is 36.4 Å². The zero-order valence-corrected chi connectivity index (χ0v) is 21.6. The number of hydrogen-bond donors (Lipinski definition) is 1. The van der Waals surface area contributed by atoms with Crippen LogP contribution in [0, 0.1) is 5.92 Å². The van der Waals surface area contributed by atoms with Crippen molar-refractivity contribution < 1.29 is 5.11 Å². The smallest absolute Gasteiger partial charge is 0.250 e. The van der Waals surface area contributed by atoms with Gasteiger partial charge in [0.25, 0.3) is 5.56 Å². The molecule has 2 atom stereocenters. The number of aromatic nitrogens is 2. The molecule has 3 aromatic rings. The second kappa shape index (κ2) is 9.95. The van der Waals surface area contributed by atoms with Crippen molar-refractivity contribution in [1.29, 1.82) is 0 Å².